The van der Waals surface area contributed by atoms with E-state index < -0.39 is 11.5 Å². The van der Waals surface area contributed by atoms with E-state index in [2.05, 4.69) is 0 Å². The van der Waals surface area contributed by atoms with Gasteiger partial charge >= 0.3 is 35.2 Å². The summed E-state index contributed by atoms with van der Waals surface area (Å²) in [5.41, 5.74) is 0.635. The molecule has 0 aliphatic heterocycles. The van der Waals surface area contributed by atoms with Crippen molar-refractivity contribution in [1.29, 1.82) is 0 Å². The number of aliphatic hydroxyl groups excluding tert-OH is 1. The second-order valence-corrected chi connectivity index (χ2v) is 6.61. The van der Waals surface area contributed by atoms with E-state index in [0.717, 1.165) is 5.56 Å². The first-order chi connectivity index (χ1) is 12.8. The molecule has 0 radical (unpaired) electrons. The Balaban J connectivity index is 0.000000717. The summed E-state index contributed by atoms with van der Waals surface area (Å²) in [5, 5.41) is 19.1. The van der Waals surface area contributed by atoms with E-state index in [9.17, 15) is 14.7 Å². The van der Waals surface area contributed by atoms with E-state index in [4.69, 9.17) is 9.52 Å². The Labute approximate surface area is 186 Å². The van der Waals surface area contributed by atoms with Crippen molar-refractivity contribution in [2.75, 3.05) is 0 Å². The summed E-state index contributed by atoms with van der Waals surface area (Å²) >= 11 is 0. The molecule has 144 valence electrons. The zero-order valence-electron chi connectivity index (χ0n) is 15.7. The Morgan fingerprint density at radius 1 is 1.04 bits per heavy atom. The van der Waals surface area contributed by atoms with Gasteiger partial charge in [-0.2, -0.15) is 0 Å². The first-order valence-electron chi connectivity index (χ1n) is 8.78. The average molecular weight is 392 g/mol. The van der Waals surface area contributed by atoms with Crippen molar-refractivity contribution in [2.45, 2.75) is 39.2 Å². The van der Waals surface area contributed by atoms with Gasteiger partial charge in [-0.3, -0.25) is 4.79 Å². The van der Waals surface area contributed by atoms with Crippen molar-refractivity contribution in [3.05, 3.63) is 76.1 Å². The number of rotatable bonds is 4. The van der Waals surface area contributed by atoms with Crippen LogP contribution < -0.4 is 5.63 Å². The maximum absolute atomic E-state index is 12.4. The van der Waals surface area contributed by atoms with Crippen LogP contribution in [-0.4, -0.2) is 51.7 Å². The van der Waals surface area contributed by atoms with Crippen molar-refractivity contribution >= 4 is 46.3 Å². The molecule has 0 saturated carbocycles. The van der Waals surface area contributed by atoms with E-state index in [1.54, 1.807) is 38.1 Å². The number of hydrogen-bond acceptors (Lipinski definition) is 5. The summed E-state index contributed by atoms with van der Waals surface area (Å²) in [6, 6.07) is 16.0. The molecule has 5 nitrogen and oxygen atoms in total. The molecule has 3 rings (SSSR count). The number of hydrogen-bond donors (Lipinski definition) is 2. The van der Waals surface area contributed by atoms with Crippen LogP contribution in [0, 0.1) is 0 Å². The number of aromatic hydroxyl groups is 1. The number of ketones is 1. The molecule has 1 heterocycles. The van der Waals surface area contributed by atoms with Crippen molar-refractivity contribution in [3.63, 3.8) is 0 Å². The Bertz CT molecular complexity index is 961. The van der Waals surface area contributed by atoms with Crippen molar-refractivity contribution in [3.8, 4) is 5.75 Å². The van der Waals surface area contributed by atoms with Gasteiger partial charge in [0.05, 0.1) is 10.9 Å². The summed E-state index contributed by atoms with van der Waals surface area (Å²) in [5.74, 6) is -0.715. The fourth-order valence-corrected chi connectivity index (χ4v) is 2.81. The zero-order chi connectivity index (χ0) is 20.0. The van der Waals surface area contributed by atoms with Crippen molar-refractivity contribution < 1.29 is 19.4 Å². The normalized spacial score (nSPS) is 11.3. The maximum atomic E-state index is 12.4. The van der Waals surface area contributed by atoms with Gasteiger partial charge in [0.15, 0.2) is 0 Å². The fourth-order valence-electron chi connectivity index (χ4n) is 2.81. The Morgan fingerprint density at radius 3 is 2.14 bits per heavy atom. The minimum atomic E-state index is -0.615. The van der Waals surface area contributed by atoms with Crippen molar-refractivity contribution in [1.82, 2.24) is 0 Å². The summed E-state index contributed by atoms with van der Waals surface area (Å²) < 4.78 is 5.33. The van der Waals surface area contributed by atoms with Crippen LogP contribution in [-0.2, 0) is 4.79 Å². The molecule has 6 heteroatoms. The fraction of sp³-hybridized carbons (Fsp3) is 0.273. The molecule has 0 saturated heterocycles. The van der Waals surface area contributed by atoms with E-state index in [0.29, 0.717) is 11.0 Å². The predicted octanol–water partition coefficient (Wildman–Crippen LogP) is 3.35. The molecule has 2 N–H and O–H groups in total. The molecule has 2 aromatic carbocycles. The van der Waals surface area contributed by atoms with Crippen LogP contribution in [0.25, 0.3) is 11.0 Å². The van der Waals surface area contributed by atoms with E-state index in [-0.39, 0.29) is 59.2 Å². The van der Waals surface area contributed by atoms with E-state index in [1.807, 2.05) is 30.3 Å². The molecule has 0 bridgehead atoms. The minimum absolute atomic E-state index is 0. The molecule has 1 unspecified atom stereocenters. The molecular weight excluding hydrogens is 367 g/mol. The van der Waals surface area contributed by atoms with Crippen LogP contribution >= 0.6 is 0 Å². The first-order valence-corrected chi connectivity index (χ1v) is 8.78. The van der Waals surface area contributed by atoms with Gasteiger partial charge in [-0.25, -0.2) is 4.79 Å². The van der Waals surface area contributed by atoms with Gasteiger partial charge in [-0.05, 0) is 38.5 Å². The number of para-hydroxylation sites is 1. The summed E-state index contributed by atoms with van der Waals surface area (Å²) in [7, 11) is 0. The van der Waals surface area contributed by atoms with Gasteiger partial charge in [0, 0.05) is 18.4 Å². The monoisotopic (exact) mass is 392 g/mol. The van der Waals surface area contributed by atoms with Crippen LogP contribution in [0.2, 0.25) is 0 Å². The number of benzene rings is 2. The summed E-state index contributed by atoms with van der Waals surface area (Å²) in [4.78, 5) is 24.1. The molecule has 0 aliphatic carbocycles. The number of carbonyl (C=O) groups is 1. The Kier molecular flexibility index (Phi) is 9.62. The molecule has 1 atom stereocenters. The molecule has 0 spiro atoms. The molecule has 0 fully saturated rings. The number of fused-ring (bicyclic) bond motifs is 1. The SMILES string of the molecule is CC(=O)CC(c1ccccc1)c1c(O)c2ccccc2oc1=O.CC(C)O.[NaH]. The van der Waals surface area contributed by atoms with Crippen LogP contribution in [0.15, 0.2) is 63.8 Å². The number of aliphatic hydroxyl groups is 1. The third-order valence-electron chi connectivity index (χ3n) is 3.86. The molecule has 1 aromatic heterocycles. The van der Waals surface area contributed by atoms with Crippen LogP contribution in [0.4, 0.5) is 0 Å². The summed E-state index contributed by atoms with van der Waals surface area (Å²) in [6.07, 6.45) is -0.0410. The van der Waals surface area contributed by atoms with Gasteiger partial charge in [-0.15, -0.1) is 0 Å². The van der Waals surface area contributed by atoms with Crippen LogP contribution in [0.1, 0.15) is 44.2 Å². The van der Waals surface area contributed by atoms with E-state index >= 15 is 0 Å². The van der Waals surface area contributed by atoms with E-state index in [1.165, 1.54) is 6.92 Å². The Morgan fingerprint density at radius 2 is 1.57 bits per heavy atom. The van der Waals surface area contributed by atoms with Crippen molar-refractivity contribution in [2.24, 2.45) is 0 Å². The second kappa shape index (κ2) is 11.2. The molecule has 0 amide bonds. The van der Waals surface area contributed by atoms with Crippen LogP contribution in [0.5, 0.6) is 5.75 Å². The average Bonchev–Trinajstić information content (AvgIpc) is 2.61. The Hall–Kier alpha value is -1.92. The molecule has 0 aliphatic rings. The van der Waals surface area contributed by atoms with Gasteiger partial charge in [0.2, 0.25) is 0 Å². The summed E-state index contributed by atoms with van der Waals surface area (Å²) in [6.45, 7) is 4.91. The quantitative estimate of drug-likeness (QED) is 0.525. The van der Waals surface area contributed by atoms with Crippen LogP contribution in [0.3, 0.4) is 0 Å². The molecule has 28 heavy (non-hydrogen) atoms. The third-order valence-corrected chi connectivity index (χ3v) is 3.86. The van der Waals surface area contributed by atoms with Gasteiger partial charge in [0.1, 0.15) is 17.1 Å². The second-order valence-electron chi connectivity index (χ2n) is 6.61. The topological polar surface area (TPSA) is 87.7 Å². The first kappa shape index (κ1) is 24.1. The predicted molar refractivity (Wildman–Crippen MR) is 112 cm³/mol. The van der Waals surface area contributed by atoms with Gasteiger partial charge < -0.3 is 14.6 Å². The number of carbonyl (C=O) groups excluding carboxylic acids is 1. The molecule has 3 aromatic rings. The standard InChI is InChI=1S/C19H16O4.C3H8O.Na.H/c1-12(20)11-15(13-7-3-2-4-8-13)17-18(21)14-9-5-6-10-16(14)23-19(17)22;1-3(2)4;;/h2-10,15,21H,11H2,1H3;3-4H,1-2H3;;. The molecular formula is C22H25NaO5. The third kappa shape index (κ3) is 6.31. The van der Waals surface area contributed by atoms with Gasteiger partial charge in [-0.1, -0.05) is 42.5 Å². The van der Waals surface area contributed by atoms with Gasteiger partial charge in [0.25, 0.3) is 0 Å². The number of Topliss-reactive ketones (excluding diaryl/α,β-unsaturated/α-hetero) is 1. The zero-order valence-corrected chi connectivity index (χ0v) is 15.7.